The topological polar surface area (TPSA) is 78.4 Å². The maximum Gasteiger partial charge on any atom is 0.251 e. The van der Waals surface area contributed by atoms with E-state index in [9.17, 15) is 14.7 Å². The Morgan fingerprint density at radius 1 is 1.14 bits per heavy atom. The molecular formula is C17H24N2O3. The number of rotatable bonds is 7. The molecule has 2 rings (SSSR count). The number of nitrogens with one attached hydrogen (secondary N) is 2. The number of hydrogen-bond acceptors (Lipinski definition) is 3. The lowest BCUT2D eigenvalue weighted by molar-refractivity contribution is -0.121. The largest absolute Gasteiger partial charge is 0.393 e. The van der Waals surface area contributed by atoms with Gasteiger partial charge in [0.05, 0.1) is 6.10 Å². The van der Waals surface area contributed by atoms with E-state index in [1.165, 1.54) is 0 Å². The molecule has 2 atom stereocenters. The molecule has 0 saturated heterocycles. The van der Waals surface area contributed by atoms with E-state index in [1.54, 1.807) is 12.1 Å². The predicted octanol–water partition coefficient (Wildman–Crippen LogP) is 1.47. The third-order valence-corrected chi connectivity index (χ3v) is 4.08. The highest BCUT2D eigenvalue weighted by molar-refractivity contribution is 5.94. The van der Waals surface area contributed by atoms with Gasteiger partial charge in [-0.05, 0) is 31.4 Å². The first-order valence-electron chi connectivity index (χ1n) is 7.95. The molecule has 120 valence electrons. The van der Waals surface area contributed by atoms with E-state index < -0.39 is 0 Å². The summed E-state index contributed by atoms with van der Waals surface area (Å²) < 4.78 is 0. The molecule has 5 heteroatoms. The van der Waals surface area contributed by atoms with Crippen LogP contribution in [-0.2, 0) is 4.79 Å². The molecular weight excluding hydrogens is 280 g/mol. The van der Waals surface area contributed by atoms with E-state index in [0.717, 1.165) is 19.3 Å². The minimum atomic E-state index is -0.273. The number of carbonyl (C=O) groups excluding carboxylic acids is 2. The molecule has 0 radical (unpaired) electrons. The summed E-state index contributed by atoms with van der Waals surface area (Å²) in [5.74, 6) is 0.0601. The molecule has 1 aromatic rings. The van der Waals surface area contributed by atoms with Crippen LogP contribution in [0.2, 0.25) is 0 Å². The highest BCUT2D eigenvalue weighted by Gasteiger charge is 2.25. The van der Waals surface area contributed by atoms with E-state index in [1.807, 2.05) is 18.2 Å². The van der Waals surface area contributed by atoms with Crippen LogP contribution < -0.4 is 10.6 Å². The van der Waals surface area contributed by atoms with Gasteiger partial charge in [-0.15, -0.1) is 0 Å². The number of benzene rings is 1. The Kier molecular flexibility index (Phi) is 6.40. The van der Waals surface area contributed by atoms with Gasteiger partial charge in [-0.1, -0.05) is 24.6 Å². The van der Waals surface area contributed by atoms with Gasteiger partial charge in [0.1, 0.15) is 0 Å². The second-order valence-electron chi connectivity index (χ2n) is 5.79. The van der Waals surface area contributed by atoms with Gasteiger partial charge < -0.3 is 15.7 Å². The number of aliphatic hydroxyl groups excluding tert-OH is 1. The normalized spacial score (nSPS) is 20.6. The third-order valence-electron chi connectivity index (χ3n) is 4.08. The summed E-state index contributed by atoms with van der Waals surface area (Å²) in [6.07, 6.45) is 3.58. The van der Waals surface area contributed by atoms with E-state index >= 15 is 0 Å². The van der Waals surface area contributed by atoms with Gasteiger partial charge in [0.25, 0.3) is 5.91 Å². The summed E-state index contributed by atoms with van der Waals surface area (Å²) in [5.41, 5.74) is 0.627. The van der Waals surface area contributed by atoms with Gasteiger partial charge in [0, 0.05) is 31.0 Å². The molecule has 1 aliphatic carbocycles. The van der Waals surface area contributed by atoms with Crippen molar-refractivity contribution >= 4 is 11.8 Å². The Morgan fingerprint density at radius 2 is 1.91 bits per heavy atom. The van der Waals surface area contributed by atoms with Crippen molar-refractivity contribution in [3.05, 3.63) is 35.9 Å². The van der Waals surface area contributed by atoms with Crippen LogP contribution >= 0.6 is 0 Å². The van der Waals surface area contributed by atoms with Crippen molar-refractivity contribution in [3.8, 4) is 0 Å². The summed E-state index contributed by atoms with van der Waals surface area (Å²) in [5, 5.41) is 15.3. The monoisotopic (exact) mass is 304 g/mol. The standard InChI is InChI=1S/C17H24N2O3/c20-15-9-4-8-14(15)12-19-16(21)10-5-11-18-17(22)13-6-2-1-3-7-13/h1-3,6-7,14-15,20H,4-5,8-12H2,(H,18,22)(H,19,21). The van der Waals surface area contributed by atoms with Gasteiger partial charge >= 0.3 is 0 Å². The maximum absolute atomic E-state index is 11.8. The van der Waals surface area contributed by atoms with Gasteiger partial charge in [0.15, 0.2) is 0 Å². The fourth-order valence-corrected chi connectivity index (χ4v) is 2.73. The summed E-state index contributed by atoms with van der Waals surface area (Å²) in [6, 6.07) is 9.02. The quantitative estimate of drug-likeness (QED) is 0.668. The fourth-order valence-electron chi connectivity index (χ4n) is 2.73. The van der Waals surface area contributed by atoms with Crippen LogP contribution in [0.25, 0.3) is 0 Å². The number of amides is 2. The van der Waals surface area contributed by atoms with Crippen LogP contribution in [0.15, 0.2) is 30.3 Å². The summed E-state index contributed by atoms with van der Waals surface area (Å²) in [7, 11) is 0. The van der Waals surface area contributed by atoms with Crippen LogP contribution in [-0.4, -0.2) is 36.1 Å². The Balaban J connectivity index is 1.56. The molecule has 22 heavy (non-hydrogen) atoms. The lowest BCUT2D eigenvalue weighted by Gasteiger charge is -2.15. The van der Waals surface area contributed by atoms with Crippen molar-refractivity contribution in [1.29, 1.82) is 0 Å². The molecule has 0 heterocycles. The summed E-state index contributed by atoms with van der Waals surface area (Å²) in [4.78, 5) is 23.5. The third kappa shape index (κ3) is 5.15. The van der Waals surface area contributed by atoms with Crippen LogP contribution in [0.1, 0.15) is 42.5 Å². The molecule has 1 fully saturated rings. The van der Waals surface area contributed by atoms with E-state index in [2.05, 4.69) is 10.6 Å². The van der Waals surface area contributed by atoms with Gasteiger partial charge in [0.2, 0.25) is 5.91 Å². The smallest absolute Gasteiger partial charge is 0.251 e. The van der Waals surface area contributed by atoms with E-state index in [0.29, 0.717) is 31.5 Å². The molecule has 1 aliphatic rings. The average Bonchev–Trinajstić information content (AvgIpc) is 2.95. The Bertz CT molecular complexity index is 490. The molecule has 5 nitrogen and oxygen atoms in total. The Hall–Kier alpha value is -1.88. The zero-order valence-corrected chi connectivity index (χ0v) is 12.8. The summed E-state index contributed by atoms with van der Waals surface area (Å²) >= 11 is 0. The fraction of sp³-hybridized carbons (Fsp3) is 0.529. The lowest BCUT2D eigenvalue weighted by Crippen LogP contribution is -2.33. The molecule has 0 spiro atoms. The lowest BCUT2D eigenvalue weighted by atomic mass is 10.1. The molecule has 2 unspecified atom stereocenters. The van der Waals surface area contributed by atoms with E-state index in [-0.39, 0.29) is 23.8 Å². The van der Waals surface area contributed by atoms with Crippen molar-refractivity contribution in [3.63, 3.8) is 0 Å². The average molecular weight is 304 g/mol. The molecule has 1 saturated carbocycles. The van der Waals surface area contributed by atoms with Gasteiger partial charge in [-0.2, -0.15) is 0 Å². The maximum atomic E-state index is 11.8. The molecule has 0 bridgehead atoms. The van der Waals surface area contributed by atoms with Crippen LogP contribution in [0.5, 0.6) is 0 Å². The predicted molar refractivity (Wildman–Crippen MR) is 84.4 cm³/mol. The Labute approximate surface area is 131 Å². The number of aliphatic hydroxyl groups is 1. The van der Waals surface area contributed by atoms with Crippen molar-refractivity contribution in [2.45, 2.75) is 38.2 Å². The summed E-state index contributed by atoms with van der Waals surface area (Å²) in [6.45, 7) is 1.03. The minimum Gasteiger partial charge on any atom is -0.393 e. The molecule has 2 amide bonds. The molecule has 0 aromatic heterocycles. The first-order chi connectivity index (χ1) is 10.7. The number of carbonyl (C=O) groups is 2. The highest BCUT2D eigenvalue weighted by Crippen LogP contribution is 2.24. The molecule has 1 aromatic carbocycles. The second kappa shape index (κ2) is 8.54. The van der Waals surface area contributed by atoms with Crippen LogP contribution in [0.3, 0.4) is 0 Å². The van der Waals surface area contributed by atoms with Crippen LogP contribution in [0, 0.1) is 5.92 Å². The van der Waals surface area contributed by atoms with Crippen molar-refractivity contribution < 1.29 is 14.7 Å². The van der Waals surface area contributed by atoms with Crippen molar-refractivity contribution in [2.75, 3.05) is 13.1 Å². The van der Waals surface area contributed by atoms with Crippen molar-refractivity contribution in [1.82, 2.24) is 10.6 Å². The number of hydrogen-bond donors (Lipinski definition) is 3. The minimum absolute atomic E-state index is 0.0203. The second-order valence-corrected chi connectivity index (χ2v) is 5.79. The van der Waals surface area contributed by atoms with Crippen LogP contribution in [0.4, 0.5) is 0 Å². The highest BCUT2D eigenvalue weighted by atomic mass is 16.3. The van der Waals surface area contributed by atoms with Gasteiger partial charge in [-0.3, -0.25) is 9.59 Å². The zero-order chi connectivity index (χ0) is 15.8. The Morgan fingerprint density at radius 3 is 2.59 bits per heavy atom. The molecule has 0 aliphatic heterocycles. The van der Waals surface area contributed by atoms with E-state index in [4.69, 9.17) is 0 Å². The zero-order valence-electron chi connectivity index (χ0n) is 12.8. The van der Waals surface area contributed by atoms with Gasteiger partial charge in [-0.25, -0.2) is 0 Å². The first kappa shape index (κ1) is 16.5. The first-order valence-corrected chi connectivity index (χ1v) is 7.95. The SMILES string of the molecule is O=C(CCCNC(=O)c1ccccc1)NCC1CCCC1O. The van der Waals surface area contributed by atoms with Crippen molar-refractivity contribution in [2.24, 2.45) is 5.92 Å². The molecule has 3 N–H and O–H groups in total.